The number of piperidine rings is 1. The van der Waals surface area contributed by atoms with E-state index in [2.05, 4.69) is 101 Å². The fourth-order valence-electron chi connectivity index (χ4n) is 9.72. The number of carboxylic acids is 4. The van der Waals surface area contributed by atoms with E-state index in [0.29, 0.717) is 50.2 Å². The van der Waals surface area contributed by atoms with Gasteiger partial charge in [0.1, 0.15) is 23.9 Å². The molecule has 0 spiro atoms. The second-order valence-corrected chi connectivity index (χ2v) is 23.5. The summed E-state index contributed by atoms with van der Waals surface area (Å²) in [6, 6.07) is 1.53. The summed E-state index contributed by atoms with van der Waals surface area (Å²) < 4.78 is 0. The summed E-state index contributed by atoms with van der Waals surface area (Å²) >= 11 is 0. The summed E-state index contributed by atoms with van der Waals surface area (Å²) in [5.41, 5.74) is 20.5. The first kappa shape index (κ1) is 84.6. The zero-order valence-corrected chi connectivity index (χ0v) is 57.1. The molecule has 0 radical (unpaired) electrons. The van der Waals surface area contributed by atoms with Crippen LogP contribution in [0, 0.1) is 11.8 Å². The molecule has 1 aliphatic heterocycles. The van der Waals surface area contributed by atoms with E-state index in [0.717, 1.165) is 120 Å². The van der Waals surface area contributed by atoms with Crippen molar-refractivity contribution in [1.82, 2.24) is 26.3 Å². The van der Waals surface area contributed by atoms with E-state index in [1.165, 1.54) is 30.9 Å². The number of aromatic nitrogens is 1. The van der Waals surface area contributed by atoms with Gasteiger partial charge in [0.15, 0.2) is 17.9 Å². The number of aliphatic imine (C=N–C) groups is 3. The van der Waals surface area contributed by atoms with Gasteiger partial charge in [-0.25, -0.2) is 29.2 Å². The number of unbranched alkanes of at least 4 members (excludes halogenated alkanes) is 7. The standard InChI is InChI=1S/C32H51N5O5.C20H38N4O2.C18H31N3O3/c1-5-7-8-9-16-28(38)26(30(39)40)18-20-35-32(33)36-27(31(41)42)23-25(14-10-13-24(3)4)15-12-22-37(21-6-2)29-17-11-19-34-29;1-4-6-7-8-10-16(5-2)13-18(19(25)26)24-20(21)23-14-17-11-9-12-22-15(17)3;1-4-6-7-11-15(9-5-2)13-16(17(23)24)21-18(19)20-12-8-10-14(3)22/h5,11-12,15,17-19,23-24,27-28,34,38H,1,6-10,13-14,16,20-22H2,2-4H3,(H,39,40)(H,41,42)(H3,33,35,36);13,15,17-18,22H,4-12,14H2,1-3H3,(H,25,26)(H3,21,23,24);5,8-10,13-14,16,22H,4,6-7,11-12H2,1-3H3,(H,23,24)(H3,19,20,21)/b15-12+,25-23-,26-18+;;9-5+,10-8+,15-13+. The van der Waals surface area contributed by atoms with Crippen molar-refractivity contribution in [2.75, 3.05) is 44.2 Å². The molecule has 22 heteroatoms. The fraction of sp³-hybridized carbons (Fsp3) is 0.614. The number of hydrogen-bond acceptors (Lipinski definition) is 11. The van der Waals surface area contributed by atoms with Gasteiger partial charge in [-0.1, -0.05) is 141 Å². The predicted octanol–water partition coefficient (Wildman–Crippen LogP) is 10.4. The number of anilines is 1. The SMILES string of the molecule is C/C=C/C(=C\C(NC(N)=NC/C=C/C(C)O)C(=O)O)CCCCC.C=CCCCCC(O)/C(=C\CN=C(N)NC(/C=C(\C=C\CN(CCC)c1ccc[nH]1)CCCC(C)C)C(=O)O)C(=O)O.CCCCCCC(=CC(NC(N)=NCC1CCCNC1C)C(=O)O)CC. The molecule has 1 aliphatic rings. The quantitative estimate of drug-likeness (QED) is 0.00721. The molecule has 7 unspecified atom stereocenters. The normalized spacial score (nSPS) is 17.1. The Morgan fingerprint density at radius 2 is 1.32 bits per heavy atom. The molecule has 520 valence electrons. The minimum Gasteiger partial charge on any atom is -0.479 e. The number of aliphatic hydroxyl groups excluding tert-OH is 2. The van der Waals surface area contributed by atoms with Crippen molar-refractivity contribution in [1.29, 1.82) is 0 Å². The van der Waals surface area contributed by atoms with Crippen molar-refractivity contribution >= 4 is 47.6 Å². The second kappa shape index (κ2) is 53.1. The Bertz CT molecular complexity index is 2530. The number of aromatic amines is 1. The third-order valence-electron chi connectivity index (χ3n) is 15.0. The van der Waals surface area contributed by atoms with E-state index in [4.69, 9.17) is 22.3 Å². The van der Waals surface area contributed by atoms with E-state index in [1.807, 2.05) is 49.6 Å². The third kappa shape index (κ3) is 42.6. The third-order valence-corrected chi connectivity index (χ3v) is 15.0. The molecule has 1 saturated heterocycles. The number of H-pyrrole nitrogens is 1. The lowest BCUT2D eigenvalue weighted by Crippen LogP contribution is -2.45. The summed E-state index contributed by atoms with van der Waals surface area (Å²) in [7, 11) is 0. The van der Waals surface area contributed by atoms with Crippen molar-refractivity contribution in [3.8, 4) is 0 Å². The van der Waals surface area contributed by atoms with E-state index in [9.17, 15) is 44.7 Å². The lowest BCUT2D eigenvalue weighted by molar-refractivity contribution is -0.138. The highest BCUT2D eigenvalue weighted by atomic mass is 16.4. The maximum absolute atomic E-state index is 12.1. The topological polar surface area (TPSA) is 372 Å². The minimum absolute atomic E-state index is 0.0577. The molecule has 22 nitrogen and oxygen atoms in total. The van der Waals surface area contributed by atoms with E-state index >= 15 is 0 Å². The largest absolute Gasteiger partial charge is 0.479 e. The summed E-state index contributed by atoms with van der Waals surface area (Å²) in [6.45, 7) is 25.6. The molecule has 0 saturated carbocycles. The highest BCUT2D eigenvalue weighted by Gasteiger charge is 2.23. The number of aliphatic carboxylic acids is 4. The van der Waals surface area contributed by atoms with Crippen LogP contribution in [0.3, 0.4) is 0 Å². The Morgan fingerprint density at radius 1 is 0.728 bits per heavy atom. The Hall–Kier alpha value is -7.43. The molecular formula is C70H120N12O10. The lowest BCUT2D eigenvalue weighted by Gasteiger charge is -2.28. The van der Waals surface area contributed by atoms with E-state index < -0.39 is 54.2 Å². The first-order chi connectivity index (χ1) is 44.0. The van der Waals surface area contributed by atoms with Crippen LogP contribution >= 0.6 is 0 Å². The Morgan fingerprint density at radius 3 is 1.85 bits per heavy atom. The van der Waals surface area contributed by atoms with Crippen LogP contribution in [0.15, 0.2) is 129 Å². The van der Waals surface area contributed by atoms with Gasteiger partial charge >= 0.3 is 23.9 Å². The summed E-state index contributed by atoms with van der Waals surface area (Å²) in [5, 5.41) is 69.4. The highest BCUT2D eigenvalue weighted by Crippen LogP contribution is 2.20. The van der Waals surface area contributed by atoms with Crippen LogP contribution in [0.4, 0.5) is 5.82 Å². The molecular weight excluding hydrogens is 1170 g/mol. The molecule has 1 aromatic rings. The zero-order valence-electron chi connectivity index (χ0n) is 57.1. The van der Waals surface area contributed by atoms with E-state index in [1.54, 1.807) is 43.4 Å². The maximum Gasteiger partial charge on any atom is 0.333 e. The van der Waals surface area contributed by atoms with Crippen molar-refractivity contribution in [2.24, 2.45) is 44.0 Å². The smallest absolute Gasteiger partial charge is 0.333 e. The average Bonchev–Trinajstić information content (AvgIpc) is 2.99. The Balaban J connectivity index is 0.00000143. The van der Waals surface area contributed by atoms with Crippen molar-refractivity contribution in [3.63, 3.8) is 0 Å². The predicted molar refractivity (Wildman–Crippen MR) is 378 cm³/mol. The number of guanidine groups is 3. The first-order valence-electron chi connectivity index (χ1n) is 33.4. The van der Waals surface area contributed by atoms with E-state index in [-0.39, 0.29) is 36.5 Å². The number of nitrogens with one attached hydrogen (secondary N) is 5. The Kier molecular flexibility index (Phi) is 48.8. The van der Waals surface area contributed by atoms with Crippen LogP contribution in [0.2, 0.25) is 0 Å². The zero-order chi connectivity index (χ0) is 69.1. The van der Waals surface area contributed by atoms with Crippen LogP contribution in [-0.2, 0) is 19.2 Å². The minimum atomic E-state index is -1.23. The molecule has 17 N–H and O–H groups in total. The van der Waals surface area contributed by atoms with Crippen LogP contribution < -0.4 is 43.4 Å². The van der Waals surface area contributed by atoms with Gasteiger partial charge in [0.25, 0.3) is 0 Å². The number of allylic oxidation sites excluding steroid dienone is 7. The van der Waals surface area contributed by atoms with Gasteiger partial charge in [0.05, 0.1) is 30.9 Å². The van der Waals surface area contributed by atoms with Crippen LogP contribution in [-0.4, -0.2) is 153 Å². The van der Waals surface area contributed by atoms with Gasteiger partial charge in [-0.3, -0.25) is 4.99 Å². The molecule has 1 aromatic heterocycles. The summed E-state index contributed by atoms with van der Waals surface area (Å²) in [4.78, 5) is 64.7. The van der Waals surface area contributed by atoms with Crippen molar-refractivity contribution in [3.05, 3.63) is 114 Å². The summed E-state index contributed by atoms with van der Waals surface area (Å²) in [5.74, 6) is -2.12. The number of hydrogen-bond donors (Lipinski definition) is 14. The summed E-state index contributed by atoms with van der Waals surface area (Å²) in [6.07, 6.45) is 38.6. The molecule has 2 heterocycles. The number of carboxylic acid groups (broad SMARTS) is 4. The van der Waals surface area contributed by atoms with Gasteiger partial charge < -0.3 is 79.0 Å². The highest BCUT2D eigenvalue weighted by molar-refractivity contribution is 5.89. The van der Waals surface area contributed by atoms with Crippen LogP contribution in [0.5, 0.6) is 0 Å². The number of aliphatic hydroxyl groups is 2. The number of nitrogens with zero attached hydrogens (tertiary/aromatic N) is 4. The van der Waals surface area contributed by atoms with Gasteiger partial charge in [-0.2, -0.15) is 0 Å². The van der Waals surface area contributed by atoms with Gasteiger partial charge in [-0.05, 0) is 164 Å². The monoisotopic (exact) mass is 1290 g/mol. The second-order valence-electron chi connectivity index (χ2n) is 23.5. The Labute approximate surface area is 550 Å². The molecule has 0 aromatic carbocycles. The molecule has 2 rings (SSSR count). The molecule has 0 amide bonds. The number of rotatable bonds is 44. The molecule has 92 heavy (non-hydrogen) atoms. The fourth-order valence-corrected chi connectivity index (χ4v) is 9.72. The van der Waals surface area contributed by atoms with Gasteiger partial charge in [0.2, 0.25) is 0 Å². The van der Waals surface area contributed by atoms with Crippen molar-refractivity contribution < 1.29 is 49.8 Å². The maximum atomic E-state index is 12.1. The first-order valence-corrected chi connectivity index (χ1v) is 33.4. The van der Waals surface area contributed by atoms with Gasteiger partial charge in [-0.15, -0.1) is 6.58 Å². The molecule has 1 fully saturated rings. The van der Waals surface area contributed by atoms with Crippen LogP contribution in [0.25, 0.3) is 0 Å². The molecule has 7 atom stereocenters. The van der Waals surface area contributed by atoms with Crippen molar-refractivity contribution in [2.45, 2.75) is 227 Å². The van der Waals surface area contributed by atoms with Crippen LogP contribution in [0.1, 0.15) is 191 Å². The molecule has 0 bridgehead atoms. The van der Waals surface area contributed by atoms with Gasteiger partial charge in [0, 0.05) is 31.9 Å². The number of carbonyl (C=O) groups is 4. The average molecular weight is 1290 g/mol. The molecule has 0 aliphatic carbocycles. The lowest BCUT2D eigenvalue weighted by atomic mass is 9.92. The number of nitrogens with two attached hydrogens (primary N) is 3.